The number of hydrogen-bond donors (Lipinski definition) is 1. The number of hydrogen-bond acceptors (Lipinski definition) is 5. The van der Waals surface area contributed by atoms with Crippen LogP contribution in [0, 0.1) is 0 Å². The van der Waals surface area contributed by atoms with Gasteiger partial charge in [0.1, 0.15) is 5.82 Å². The molecule has 1 atom stereocenters. The number of nitrogens with zero attached hydrogens (tertiary/aromatic N) is 5. The first-order chi connectivity index (χ1) is 11.1. The summed E-state index contributed by atoms with van der Waals surface area (Å²) in [5.74, 6) is 1.45. The van der Waals surface area contributed by atoms with E-state index in [0.29, 0.717) is 12.5 Å². The van der Waals surface area contributed by atoms with E-state index in [9.17, 15) is 4.79 Å². The minimum absolute atomic E-state index is 0.147. The standard InChI is InChI=1S/C16H22N6O/c1-11(2)15-20-7-9-22(15)12-4-3-8-21(10-12)16(23)13-14(17)19-6-5-18-13/h5-7,9,11-12H,3-4,8,10H2,1-2H3,(H2,17,19)/t12-/m0/s1. The van der Waals surface area contributed by atoms with Gasteiger partial charge in [-0.2, -0.15) is 0 Å². The maximum atomic E-state index is 12.7. The number of likely N-dealkylation sites (tertiary alicyclic amines) is 1. The molecule has 1 amide bonds. The van der Waals surface area contributed by atoms with Crippen LogP contribution in [0.25, 0.3) is 0 Å². The van der Waals surface area contributed by atoms with Crippen molar-refractivity contribution in [1.29, 1.82) is 0 Å². The molecule has 0 bridgehead atoms. The summed E-state index contributed by atoms with van der Waals surface area (Å²) in [5.41, 5.74) is 6.02. The number of piperidine rings is 1. The minimum Gasteiger partial charge on any atom is -0.382 e. The van der Waals surface area contributed by atoms with Gasteiger partial charge in [0.25, 0.3) is 5.91 Å². The fourth-order valence-corrected chi connectivity index (χ4v) is 3.11. The van der Waals surface area contributed by atoms with E-state index in [0.717, 1.165) is 25.2 Å². The molecule has 1 saturated heterocycles. The molecule has 1 fully saturated rings. The van der Waals surface area contributed by atoms with Gasteiger partial charge in [0.2, 0.25) is 0 Å². The van der Waals surface area contributed by atoms with Crippen molar-refractivity contribution in [2.24, 2.45) is 0 Å². The second-order valence-electron chi connectivity index (χ2n) is 6.18. The Labute approximate surface area is 135 Å². The first-order valence-corrected chi connectivity index (χ1v) is 7.96. The van der Waals surface area contributed by atoms with Crippen LogP contribution in [0.1, 0.15) is 55.0 Å². The number of aromatic nitrogens is 4. The zero-order valence-electron chi connectivity index (χ0n) is 13.5. The fraction of sp³-hybridized carbons (Fsp3) is 0.500. The molecule has 0 aromatic carbocycles. The van der Waals surface area contributed by atoms with Crippen LogP contribution in [0.3, 0.4) is 0 Å². The normalized spacial score (nSPS) is 18.4. The van der Waals surface area contributed by atoms with E-state index in [1.54, 1.807) is 0 Å². The molecular weight excluding hydrogens is 292 g/mol. The maximum absolute atomic E-state index is 12.7. The molecule has 2 aromatic rings. The number of amides is 1. The average Bonchev–Trinajstić information content (AvgIpc) is 3.05. The Morgan fingerprint density at radius 3 is 2.78 bits per heavy atom. The molecule has 3 heterocycles. The third kappa shape index (κ3) is 3.04. The van der Waals surface area contributed by atoms with E-state index in [-0.39, 0.29) is 23.5 Å². The Bertz CT molecular complexity index is 695. The van der Waals surface area contributed by atoms with Gasteiger partial charge in [-0.15, -0.1) is 0 Å². The molecule has 7 nitrogen and oxygen atoms in total. The van der Waals surface area contributed by atoms with Crippen LogP contribution in [0.4, 0.5) is 5.82 Å². The topological polar surface area (TPSA) is 89.9 Å². The van der Waals surface area contributed by atoms with Gasteiger partial charge in [0.15, 0.2) is 11.5 Å². The van der Waals surface area contributed by atoms with Gasteiger partial charge in [-0.1, -0.05) is 13.8 Å². The fourth-order valence-electron chi connectivity index (χ4n) is 3.11. The lowest BCUT2D eigenvalue weighted by molar-refractivity contribution is 0.0672. The minimum atomic E-state index is -0.147. The Morgan fingerprint density at radius 2 is 2.04 bits per heavy atom. The Balaban J connectivity index is 1.80. The van der Waals surface area contributed by atoms with Crippen LogP contribution in [0.5, 0.6) is 0 Å². The van der Waals surface area contributed by atoms with Crippen LogP contribution >= 0.6 is 0 Å². The largest absolute Gasteiger partial charge is 0.382 e. The number of carbonyl (C=O) groups excluding carboxylic acids is 1. The quantitative estimate of drug-likeness (QED) is 0.934. The van der Waals surface area contributed by atoms with Gasteiger partial charge < -0.3 is 15.2 Å². The molecule has 2 aromatic heterocycles. The van der Waals surface area contributed by atoms with Gasteiger partial charge in [-0.05, 0) is 12.8 Å². The van der Waals surface area contributed by atoms with E-state index < -0.39 is 0 Å². The summed E-state index contributed by atoms with van der Waals surface area (Å²) in [5, 5.41) is 0. The van der Waals surface area contributed by atoms with Crippen molar-refractivity contribution in [1.82, 2.24) is 24.4 Å². The van der Waals surface area contributed by atoms with E-state index in [4.69, 9.17) is 5.73 Å². The number of anilines is 1. The highest BCUT2D eigenvalue weighted by atomic mass is 16.2. The third-order valence-corrected chi connectivity index (χ3v) is 4.22. The highest BCUT2D eigenvalue weighted by Crippen LogP contribution is 2.26. The molecule has 1 aliphatic rings. The van der Waals surface area contributed by atoms with Crippen LogP contribution in [0.15, 0.2) is 24.8 Å². The Kier molecular flexibility index (Phi) is 4.27. The zero-order chi connectivity index (χ0) is 16.4. The van der Waals surface area contributed by atoms with Gasteiger partial charge in [-0.3, -0.25) is 4.79 Å². The second-order valence-corrected chi connectivity index (χ2v) is 6.18. The van der Waals surface area contributed by atoms with Crippen LogP contribution in [-0.2, 0) is 0 Å². The van der Waals surface area contributed by atoms with E-state index in [1.807, 2.05) is 17.3 Å². The average molecular weight is 314 g/mol. The zero-order valence-corrected chi connectivity index (χ0v) is 13.5. The molecule has 2 N–H and O–H groups in total. The van der Waals surface area contributed by atoms with E-state index in [1.165, 1.54) is 12.4 Å². The Hall–Kier alpha value is -2.44. The van der Waals surface area contributed by atoms with Crippen LogP contribution < -0.4 is 5.73 Å². The summed E-state index contributed by atoms with van der Waals surface area (Å²) in [4.78, 5) is 27.0. The highest BCUT2D eigenvalue weighted by Gasteiger charge is 2.28. The van der Waals surface area contributed by atoms with Crippen LogP contribution in [0.2, 0.25) is 0 Å². The van der Waals surface area contributed by atoms with Crippen molar-refractivity contribution in [3.05, 3.63) is 36.3 Å². The first-order valence-electron chi connectivity index (χ1n) is 7.96. The lowest BCUT2D eigenvalue weighted by atomic mass is 10.0. The van der Waals surface area contributed by atoms with Crippen LogP contribution in [-0.4, -0.2) is 43.4 Å². The predicted octanol–water partition coefficient (Wildman–Crippen LogP) is 1.86. The molecule has 0 radical (unpaired) electrons. The van der Waals surface area contributed by atoms with Crippen molar-refractivity contribution in [2.45, 2.75) is 38.6 Å². The summed E-state index contributed by atoms with van der Waals surface area (Å²) in [6.45, 7) is 5.62. The molecule has 0 aliphatic carbocycles. The molecule has 122 valence electrons. The van der Waals surface area contributed by atoms with Gasteiger partial charge in [0, 0.05) is 43.8 Å². The number of nitrogens with two attached hydrogens (primary N) is 1. The number of imidazole rings is 1. The van der Waals surface area contributed by atoms with Crippen molar-refractivity contribution in [3.63, 3.8) is 0 Å². The molecular formula is C16H22N6O. The third-order valence-electron chi connectivity index (χ3n) is 4.22. The van der Waals surface area contributed by atoms with Crippen molar-refractivity contribution in [2.75, 3.05) is 18.8 Å². The summed E-state index contributed by atoms with van der Waals surface area (Å²) >= 11 is 0. The summed E-state index contributed by atoms with van der Waals surface area (Å²) in [6, 6.07) is 0.241. The van der Waals surface area contributed by atoms with Crippen molar-refractivity contribution >= 4 is 11.7 Å². The van der Waals surface area contributed by atoms with E-state index >= 15 is 0 Å². The smallest absolute Gasteiger partial charge is 0.276 e. The number of rotatable bonds is 3. The summed E-state index contributed by atoms with van der Waals surface area (Å²) in [6.07, 6.45) is 8.81. The van der Waals surface area contributed by atoms with Gasteiger partial charge in [-0.25, -0.2) is 15.0 Å². The molecule has 0 unspecified atom stereocenters. The van der Waals surface area contributed by atoms with Crippen molar-refractivity contribution < 1.29 is 4.79 Å². The highest BCUT2D eigenvalue weighted by molar-refractivity contribution is 5.96. The second kappa shape index (κ2) is 6.36. The lowest BCUT2D eigenvalue weighted by Crippen LogP contribution is -2.41. The molecule has 23 heavy (non-hydrogen) atoms. The first kappa shape index (κ1) is 15.5. The predicted molar refractivity (Wildman–Crippen MR) is 86.9 cm³/mol. The SMILES string of the molecule is CC(C)c1nccn1[C@H]1CCCN(C(=O)c2nccnc2N)C1. The summed E-state index contributed by atoms with van der Waals surface area (Å²) < 4.78 is 2.20. The molecule has 7 heteroatoms. The molecule has 3 rings (SSSR count). The maximum Gasteiger partial charge on any atom is 0.276 e. The Morgan fingerprint density at radius 1 is 1.26 bits per heavy atom. The monoisotopic (exact) mass is 314 g/mol. The number of nitrogen functional groups attached to an aromatic ring is 1. The lowest BCUT2D eigenvalue weighted by Gasteiger charge is -2.34. The summed E-state index contributed by atoms with van der Waals surface area (Å²) in [7, 11) is 0. The van der Waals surface area contributed by atoms with Crippen molar-refractivity contribution in [3.8, 4) is 0 Å². The van der Waals surface area contributed by atoms with Gasteiger partial charge >= 0.3 is 0 Å². The number of carbonyl (C=O) groups is 1. The molecule has 0 saturated carbocycles. The molecule has 1 aliphatic heterocycles. The van der Waals surface area contributed by atoms with Gasteiger partial charge in [0.05, 0.1) is 6.04 Å². The van der Waals surface area contributed by atoms with E-state index in [2.05, 4.69) is 33.4 Å². The molecule has 0 spiro atoms.